The zero-order valence-corrected chi connectivity index (χ0v) is 16.7. The third kappa shape index (κ3) is 3.19. The number of rotatable bonds is 4. The van der Waals surface area contributed by atoms with Gasteiger partial charge in [-0.1, -0.05) is 18.2 Å². The first-order valence-electron chi connectivity index (χ1n) is 8.55. The lowest BCUT2D eigenvalue weighted by Gasteiger charge is -2.23. The third-order valence-electron chi connectivity index (χ3n) is 5.13. The highest BCUT2D eigenvalue weighted by Crippen LogP contribution is 2.42. The van der Waals surface area contributed by atoms with Crippen molar-refractivity contribution in [3.05, 3.63) is 70.4 Å². The number of thiophene rings is 1. The van der Waals surface area contributed by atoms with Crippen molar-refractivity contribution in [3.63, 3.8) is 0 Å². The van der Waals surface area contributed by atoms with E-state index in [1.54, 1.807) is 35.6 Å². The Morgan fingerprint density at radius 1 is 1.04 bits per heavy atom. The van der Waals surface area contributed by atoms with E-state index in [1.165, 1.54) is 6.26 Å². The van der Waals surface area contributed by atoms with Crippen molar-refractivity contribution in [2.24, 2.45) is 0 Å². The van der Waals surface area contributed by atoms with E-state index in [2.05, 4.69) is 22.8 Å². The number of anilines is 1. The van der Waals surface area contributed by atoms with Gasteiger partial charge in [-0.2, -0.15) is 11.3 Å². The molecule has 1 aromatic heterocycles. The highest BCUT2D eigenvalue weighted by molar-refractivity contribution is 7.90. The van der Waals surface area contributed by atoms with E-state index in [-0.39, 0.29) is 10.8 Å². The van der Waals surface area contributed by atoms with Crippen molar-refractivity contribution in [2.75, 3.05) is 11.6 Å². The van der Waals surface area contributed by atoms with Crippen LogP contribution in [0.4, 0.5) is 5.69 Å². The molecule has 0 bridgehead atoms. The van der Waals surface area contributed by atoms with Crippen molar-refractivity contribution in [1.82, 2.24) is 0 Å². The van der Waals surface area contributed by atoms with Crippen LogP contribution in [0.2, 0.25) is 0 Å². The summed E-state index contributed by atoms with van der Waals surface area (Å²) in [5, 5.41) is 7.11. The minimum Gasteiger partial charge on any atom is -0.325 e. The highest BCUT2D eigenvalue weighted by Gasteiger charge is 2.42. The molecule has 4 rings (SSSR count). The van der Waals surface area contributed by atoms with E-state index < -0.39 is 15.3 Å². The SMILES string of the molecule is CC1(Cc2ccc(S(C)(=O)=O)cc2)C(=O)Nc2ccc(-c3ccsc3)cc21. The van der Waals surface area contributed by atoms with Gasteiger partial charge in [-0.05, 0) is 76.7 Å². The number of hydrogen-bond acceptors (Lipinski definition) is 4. The third-order valence-corrected chi connectivity index (χ3v) is 6.94. The van der Waals surface area contributed by atoms with Crippen molar-refractivity contribution in [3.8, 4) is 11.1 Å². The van der Waals surface area contributed by atoms with E-state index in [0.717, 1.165) is 27.9 Å². The molecule has 2 aromatic carbocycles. The summed E-state index contributed by atoms with van der Waals surface area (Å²) in [5.41, 5.74) is 4.27. The van der Waals surface area contributed by atoms with Crippen LogP contribution in [-0.2, 0) is 26.5 Å². The van der Waals surface area contributed by atoms with Crippen LogP contribution in [0.5, 0.6) is 0 Å². The molecule has 4 nitrogen and oxygen atoms in total. The maximum absolute atomic E-state index is 12.8. The second kappa shape index (κ2) is 6.32. The maximum Gasteiger partial charge on any atom is 0.235 e. The van der Waals surface area contributed by atoms with Gasteiger partial charge in [-0.3, -0.25) is 4.79 Å². The fourth-order valence-electron chi connectivity index (χ4n) is 3.54. The predicted molar refractivity (Wildman–Crippen MR) is 109 cm³/mol. The molecule has 1 amide bonds. The van der Waals surface area contributed by atoms with Crippen LogP contribution < -0.4 is 5.32 Å². The van der Waals surface area contributed by atoms with Crippen LogP contribution >= 0.6 is 11.3 Å². The Morgan fingerprint density at radius 3 is 2.41 bits per heavy atom. The summed E-state index contributed by atoms with van der Waals surface area (Å²) < 4.78 is 23.3. The summed E-state index contributed by atoms with van der Waals surface area (Å²) in [7, 11) is -3.23. The van der Waals surface area contributed by atoms with Crippen LogP contribution in [0, 0.1) is 0 Å². The minimum absolute atomic E-state index is 0.0350. The fraction of sp³-hybridized carbons (Fsp3) is 0.190. The Hall–Kier alpha value is -2.44. The van der Waals surface area contributed by atoms with Crippen molar-refractivity contribution < 1.29 is 13.2 Å². The number of fused-ring (bicyclic) bond motifs is 1. The number of sulfone groups is 1. The molecule has 6 heteroatoms. The van der Waals surface area contributed by atoms with Crippen LogP contribution in [0.3, 0.4) is 0 Å². The Bertz CT molecular complexity index is 1120. The van der Waals surface area contributed by atoms with Crippen LogP contribution in [0.1, 0.15) is 18.1 Å². The Kier molecular flexibility index (Phi) is 4.20. The highest BCUT2D eigenvalue weighted by atomic mass is 32.2. The van der Waals surface area contributed by atoms with Crippen LogP contribution in [0.15, 0.2) is 64.2 Å². The summed E-state index contributed by atoms with van der Waals surface area (Å²) in [5.74, 6) is -0.0350. The molecule has 0 radical (unpaired) electrons. The number of amides is 1. The molecule has 0 spiro atoms. The van der Waals surface area contributed by atoms with Gasteiger partial charge in [0.05, 0.1) is 10.3 Å². The van der Waals surface area contributed by atoms with Gasteiger partial charge in [-0.15, -0.1) is 0 Å². The molecule has 0 fully saturated rings. The van der Waals surface area contributed by atoms with Crippen molar-refractivity contribution in [2.45, 2.75) is 23.7 Å². The largest absolute Gasteiger partial charge is 0.325 e. The number of benzene rings is 2. The van der Waals surface area contributed by atoms with Gasteiger partial charge >= 0.3 is 0 Å². The van der Waals surface area contributed by atoms with Gasteiger partial charge in [0.15, 0.2) is 9.84 Å². The molecule has 2 heterocycles. The number of carbonyl (C=O) groups is 1. The average molecular weight is 398 g/mol. The molecule has 1 unspecified atom stereocenters. The zero-order valence-electron chi connectivity index (χ0n) is 15.0. The summed E-state index contributed by atoms with van der Waals surface area (Å²) in [4.78, 5) is 13.1. The van der Waals surface area contributed by atoms with E-state index in [0.29, 0.717) is 6.42 Å². The summed E-state index contributed by atoms with van der Waals surface area (Å²) >= 11 is 1.64. The van der Waals surface area contributed by atoms with Gasteiger partial charge in [-0.25, -0.2) is 8.42 Å². The normalized spacial score (nSPS) is 19.0. The maximum atomic E-state index is 12.8. The minimum atomic E-state index is -3.23. The molecular formula is C21H19NO3S2. The molecule has 1 N–H and O–H groups in total. The first-order chi connectivity index (χ1) is 12.8. The Morgan fingerprint density at radius 2 is 1.78 bits per heavy atom. The topological polar surface area (TPSA) is 63.2 Å². The number of nitrogens with one attached hydrogen (secondary N) is 1. The lowest BCUT2D eigenvalue weighted by atomic mass is 9.77. The van der Waals surface area contributed by atoms with Crippen LogP contribution in [-0.4, -0.2) is 20.6 Å². The lowest BCUT2D eigenvalue weighted by Crippen LogP contribution is -2.33. The summed E-state index contributed by atoms with van der Waals surface area (Å²) in [6, 6.07) is 14.9. The second-order valence-electron chi connectivity index (χ2n) is 7.15. The van der Waals surface area contributed by atoms with Crippen LogP contribution in [0.25, 0.3) is 11.1 Å². The van der Waals surface area contributed by atoms with E-state index in [1.807, 2.05) is 24.4 Å². The Balaban J connectivity index is 1.71. The summed E-state index contributed by atoms with van der Waals surface area (Å²) in [6.45, 7) is 1.94. The van der Waals surface area contributed by atoms with Crippen molar-refractivity contribution in [1.29, 1.82) is 0 Å². The van der Waals surface area contributed by atoms with Crippen molar-refractivity contribution >= 4 is 32.8 Å². The lowest BCUT2D eigenvalue weighted by molar-refractivity contribution is -0.120. The van der Waals surface area contributed by atoms with E-state index in [9.17, 15) is 13.2 Å². The van der Waals surface area contributed by atoms with Gasteiger partial charge in [0.25, 0.3) is 0 Å². The molecular weight excluding hydrogens is 378 g/mol. The first kappa shape index (κ1) is 17.9. The predicted octanol–water partition coefficient (Wildman–Crippen LogP) is 4.27. The first-order valence-corrected chi connectivity index (χ1v) is 11.4. The standard InChI is InChI=1S/C21H19NO3S2/c1-21(12-14-3-6-17(7-4-14)27(2,24)25)18-11-15(16-9-10-26-13-16)5-8-19(18)22-20(21)23/h3-11,13H,12H2,1-2H3,(H,22,23). The van der Waals surface area contributed by atoms with Gasteiger partial charge in [0.2, 0.25) is 5.91 Å². The second-order valence-corrected chi connectivity index (χ2v) is 9.95. The molecule has 27 heavy (non-hydrogen) atoms. The number of carbonyl (C=O) groups excluding carboxylic acids is 1. The molecule has 0 saturated heterocycles. The molecule has 1 atom stereocenters. The zero-order chi connectivity index (χ0) is 19.2. The number of hydrogen-bond donors (Lipinski definition) is 1. The summed E-state index contributed by atoms with van der Waals surface area (Å²) in [6.07, 6.45) is 1.69. The van der Waals surface area contributed by atoms with Gasteiger partial charge < -0.3 is 5.32 Å². The molecule has 138 valence electrons. The molecule has 3 aromatic rings. The fourth-order valence-corrected chi connectivity index (χ4v) is 4.83. The quantitative estimate of drug-likeness (QED) is 0.715. The molecule has 0 aliphatic carbocycles. The Labute approximate surface area is 162 Å². The smallest absolute Gasteiger partial charge is 0.235 e. The molecule has 1 aliphatic heterocycles. The molecule has 1 aliphatic rings. The van der Waals surface area contributed by atoms with E-state index in [4.69, 9.17) is 0 Å². The van der Waals surface area contributed by atoms with Gasteiger partial charge in [0, 0.05) is 11.9 Å². The molecule has 0 saturated carbocycles. The average Bonchev–Trinajstić information content (AvgIpc) is 3.23. The van der Waals surface area contributed by atoms with E-state index >= 15 is 0 Å². The van der Waals surface area contributed by atoms with Gasteiger partial charge in [0.1, 0.15) is 0 Å². The monoisotopic (exact) mass is 397 g/mol.